The lowest BCUT2D eigenvalue weighted by Crippen LogP contribution is -2.54. The lowest BCUT2D eigenvalue weighted by atomic mass is 9.68. The molecule has 0 aromatic heterocycles. The fourth-order valence-electron chi connectivity index (χ4n) is 4.54. The number of fused-ring (bicyclic) bond motifs is 1. The highest BCUT2D eigenvalue weighted by Gasteiger charge is 2.73. The van der Waals surface area contributed by atoms with Crippen LogP contribution in [0.5, 0.6) is 5.75 Å². The molecule has 0 unspecified atom stereocenters. The highest BCUT2D eigenvalue weighted by molar-refractivity contribution is 6.58. The van der Waals surface area contributed by atoms with Gasteiger partial charge in [0.1, 0.15) is 11.6 Å². The van der Waals surface area contributed by atoms with Crippen LogP contribution in [0.2, 0.25) is 0 Å². The van der Waals surface area contributed by atoms with E-state index in [4.69, 9.17) is 23.2 Å². The van der Waals surface area contributed by atoms with Crippen LogP contribution >= 0.6 is 23.2 Å². The van der Waals surface area contributed by atoms with Crippen molar-refractivity contribution >= 4 is 40.7 Å². The van der Waals surface area contributed by atoms with Gasteiger partial charge in [-0.1, -0.05) is 43.0 Å². The number of rotatable bonds is 5. The van der Waals surface area contributed by atoms with Crippen LogP contribution in [0.3, 0.4) is 0 Å². The second-order valence-corrected chi connectivity index (χ2v) is 9.07. The Morgan fingerprint density at radius 2 is 1.81 bits per heavy atom. The van der Waals surface area contributed by atoms with Gasteiger partial charge in [-0.3, -0.25) is 9.59 Å². The van der Waals surface area contributed by atoms with E-state index in [0.717, 1.165) is 17.0 Å². The number of benzene rings is 2. The lowest BCUT2D eigenvalue weighted by Gasteiger charge is -2.42. The summed E-state index contributed by atoms with van der Waals surface area (Å²) in [5.74, 6) is -2.94. The molecule has 1 N–H and O–H groups in total. The molecule has 1 saturated heterocycles. The smallest absolute Gasteiger partial charge is 0.258 e. The molecule has 0 radical (unpaired) electrons. The standard InChI is InChI=1S/C25H20Cl2FNO3/c1-3-6-16-7-5-8-19(21(16)30)20-15(4-2)13-14-24(26)22(31)29(23(32)25(20,24)27)18-11-9-17(28)10-12-18/h3-5,7-13,20,30H,1-2,6,14H2/t20-,24-,25+/m1/s1. The van der Waals surface area contributed by atoms with Crippen molar-refractivity contribution < 1.29 is 19.1 Å². The van der Waals surface area contributed by atoms with E-state index in [0.29, 0.717) is 23.1 Å². The van der Waals surface area contributed by atoms with Crippen molar-refractivity contribution in [2.75, 3.05) is 4.90 Å². The van der Waals surface area contributed by atoms with Gasteiger partial charge in [0.2, 0.25) is 0 Å². The van der Waals surface area contributed by atoms with Crippen molar-refractivity contribution in [1.82, 2.24) is 0 Å². The first kappa shape index (κ1) is 22.3. The topological polar surface area (TPSA) is 57.6 Å². The zero-order chi connectivity index (χ0) is 23.3. The summed E-state index contributed by atoms with van der Waals surface area (Å²) >= 11 is 13.9. The summed E-state index contributed by atoms with van der Waals surface area (Å²) in [6.45, 7) is 7.53. The molecule has 0 spiro atoms. The summed E-state index contributed by atoms with van der Waals surface area (Å²) in [7, 11) is 0. The number of aromatic hydroxyl groups is 1. The number of hydrogen-bond acceptors (Lipinski definition) is 3. The summed E-state index contributed by atoms with van der Waals surface area (Å²) < 4.78 is 13.4. The van der Waals surface area contributed by atoms with Gasteiger partial charge in [0.05, 0.1) is 5.69 Å². The molecule has 32 heavy (non-hydrogen) atoms. The number of carbonyl (C=O) groups is 2. The molecule has 164 valence electrons. The third kappa shape index (κ3) is 2.95. The molecule has 1 heterocycles. The Kier molecular flexibility index (Phi) is 5.51. The van der Waals surface area contributed by atoms with Gasteiger partial charge >= 0.3 is 0 Å². The van der Waals surface area contributed by atoms with E-state index in [1.54, 1.807) is 36.4 Å². The number of anilines is 1. The Bertz CT molecular complexity index is 1180. The molecule has 1 fully saturated rings. The monoisotopic (exact) mass is 471 g/mol. The van der Waals surface area contributed by atoms with E-state index in [-0.39, 0.29) is 17.9 Å². The minimum absolute atomic E-state index is 0.00864. The minimum Gasteiger partial charge on any atom is -0.507 e. The molecular weight excluding hydrogens is 452 g/mol. The molecule has 2 aromatic rings. The summed E-state index contributed by atoms with van der Waals surface area (Å²) in [6, 6.07) is 10.1. The maximum absolute atomic E-state index is 13.8. The zero-order valence-corrected chi connectivity index (χ0v) is 18.5. The largest absolute Gasteiger partial charge is 0.507 e. The predicted molar refractivity (Wildman–Crippen MR) is 124 cm³/mol. The van der Waals surface area contributed by atoms with Gasteiger partial charge in [-0.15, -0.1) is 29.8 Å². The van der Waals surface area contributed by atoms with E-state index in [2.05, 4.69) is 13.2 Å². The summed E-state index contributed by atoms with van der Waals surface area (Å²) in [5.41, 5.74) is 1.69. The number of phenols is 1. The molecule has 2 aliphatic rings. The van der Waals surface area contributed by atoms with Gasteiger partial charge in [-0.2, -0.15) is 0 Å². The Morgan fingerprint density at radius 3 is 2.44 bits per heavy atom. The molecule has 7 heteroatoms. The van der Waals surface area contributed by atoms with Crippen LogP contribution in [0, 0.1) is 5.82 Å². The Morgan fingerprint density at radius 1 is 1.12 bits per heavy atom. The maximum atomic E-state index is 13.8. The molecule has 0 bridgehead atoms. The van der Waals surface area contributed by atoms with Crippen LogP contribution in [0.15, 0.2) is 79.4 Å². The first-order chi connectivity index (χ1) is 15.2. The van der Waals surface area contributed by atoms with E-state index < -0.39 is 33.3 Å². The van der Waals surface area contributed by atoms with E-state index in [1.165, 1.54) is 12.1 Å². The van der Waals surface area contributed by atoms with Crippen molar-refractivity contribution in [1.29, 1.82) is 0 Å². The van der Waals surface area contributed by atoms with Gasteiger partial charge in [-0.25, -0.2) is 9.29 Å². The molecule has 3 atom stereocenters. The fraction of sp³-hybridized carbons (Fsp3) is 0.200. The Labute approximate surface area is 195 Å². The highest BCUT2D eigenvalue weighted by Crippen LogP contribution is 2.60. The van der Waals surface area contributed by atoms with Crippen molar-refractivity contribution in [2.24, 2.45) is 0 Å². The lowest BCUT2D eigenvalue weighted by molar-refractivity contribution is -0.122. The van der Waals surface area contributed by atoms with Crippen molar-refractivity contribution in [2.45, 2.75) is 28.5 Å². The molecule has 1 aliphatic heterocycles. The number of alkyl halides is 2. The van der Waals surface area contributed by atoms with Crippen molar-refractivity contribution in [3.8, 4) is 5.75 Å². The van der Waals surface area contributed by atoms with Gasteiger partial charge in [0, 0.05) is 11.5 Å². The summed E-state index contributed by atoms with van der Waals surface area (Å²) in [5, 5.41) is 11.0. The summed E-state index contributed by atoms with van der Waals surface area (Å²) in [6.07, 6.45) is 5.29. The van der Waals surface area contributed by atoms with Crippen LogP contribution < -0.4 is 4.90 Å². The van der Waals surface area contributed by atoms with E-state index in [9.17, 15) is 19.1 Å². The quantitative estimate of drug-likeness (QED) is 0.361. The third-order valence-corrected chi connectivity index (χ3v) is 7.54. The van der Waals surface area contributed by atoms with Crippen molar-refractivity contribution in [3.05, 3.63) is 96.4 Å². The van der Waals surface area contributed by atoms with Gasteiger partial charge < -0.3 is 5.11 Å². The SMILES string of the molecule is C=CCc1cccc([C@H]2C(C=C)=CC[C@@]3(Cl)C(=O)N(c4ccc(F)cc4)C(=O)[C@@]23Cl)c1O. The highest BCUT2D eigenvalue weighted by atomic mass is 35.5. The number of hydrogen-bond donors (Lipinski definition) is 1. The molecule has 4 nitrogen and oxygen atoms in total. The second kappa shape index (κ2) is 7.91. The summed E-state index contributed by atoms with van der Waals surface area (Å²) in [4.78, 5) is 24.4. The molecule has 2 amide bonds. The maximum Gasteiger partial charge on any atom is 0.258 e. The molecule has 1 aliphatic carbocycles. The normalized spacial score (nSPS) is 27.2. The Balaban J connectivity index is 1.94. The number of amides is 2. The van der Waals surface area contributed by atoms with E-state index >= 15 is 0 Å². The molecule has 2 aromatic carbocycles. The second-order valence-electron chi connectivity index (χ2n) is 7.83. The average Bonchev–Trinajstić information content (AvgIpc) is 2.93. The molecule has 4 rings (SSSR count). The van der Waals surface area contributed by atoms with Crippen LogP contribution in [-0.4, -0.2) is 26.7 Å². The van der Waals surface area contributed by atoms with E-state index in [1.807, 2.05) is 0 Å². The van der Waals surface area contributed by atoms with Gasteiger partial charge in [0.25, 0.3) is 11.8 Å². The first-order valence-corrected chi connectivity index (χ1v) is 10.7. The van der Waals surface area contributed by atoms with Crippen molar-refractivity contribution in [3.63, 3.8) is 0 Å². The average molecular weight is 472 g/mol. The Hall–Kier alpha value is -2.89. The third-order valence-electron chi connectivity index (χ3n) is 6.13. The number of allylic oxidation sites excluding steroid dienone is 4. The number of imide groups is 1. The number of para-hydroxylation sites is 1. The minimum atomic E-state index is -1.94. The van der Waals surface area contributed by atoms with Gasteiger partial charge in [-0.05, 0) is 48.2 Å². The zero-order valence-electron chi connectivity index (χ0n) is 17.0. The first-order valence-electron chi connectivity index (χ1n) is 9.97. The number of nitrogens with zero attached hydrogens (tertiary/aromatic N) is 1. The number of carbonyl (C=O) groups excluding carboxylic acids is 2. The van der Waals surface area contributed by atoms with Crippen LogP contribution in [0.4, 0.5) is 10.1 Å². The predicted octanol–water partition coefficient (Wildman–Crippen LogP) is 5.39. The number of phenolic OH excluding ortho intramolecular Hbond substituents is 1. The van der Waals surface area contributed by atoms with Crippen LogP contribution in [0.1, 0.15) is 23.5 Å². The molecular formula is C25H20Cl2FNO3. The fourth-order valence-corrected chi connectivity index (χ4v) is 5.37. The number of halogens is 3. The van der Waals surface area contributed by atoms with Gasteiger partial charge in [0.15, 0.2) is 9.75 Å². The van der Waals surface area contributed by atoms with Crippen LogP contribution in [-0.2, 0) is 16.0 Å². The van der Waals surface area contributed by atoms with Crippen LogP contribution in [0.25, 0.3) is 0 Å². The molecule has 0 saturated carbocycles.